The number of anilines is 1. The predicted octanol–water partition coefficient (Wildman–Crippen LogP) is 2.63. The van der Waals surface area contributed by atoms with Crippen LogP contribution in [0, 0.1) is 5.41 Å². The van der Waals surface area contributed by atoms with E-state index in [1.54, 1.807) is 13.0 Å². The van der Waals surface area contributed by atoms with Gasteiger partial charge in [-0.05, 0) is 51.2 Å². The molecule has 2 aliphatic heterocycles. The minimum absolute atomic E-state index is 0.163. The second-order valence-corrected chi connectivity index (χ2v) is 7.88. The molecular weight excluding hydrogens is 330 g/mol. The first kappa shape index (κ1) is 17.3. The summed E-state index contributed by atoms with van der Waals surface area (Å²) in [7, 11) is 0. The third-order valence-electron chi connectivity index (χ3n) is 5.89. The first-order chi connectivity index (χ1) is 12.6. The van der Waals surface area contributed by atoms with Gasteiger partial charge in [-0.15, -0.1) is 0 Å². The molecule has 0 N–H and O–H groups in total. The van der Waals surface area contributed by atoms with E-state index in [0.717, 1.165) is 57.6 Å². The number of amides is 1. The molecule has 3 aliphatic rings. The molecule has 140 valence electrons. The van der Waals surface area contributed by atoms with E-state index < -0.39 is 0 Å². The van der Waals surface area contributed by atoms with Gasteiger partial charge in [0.1, 0.15) is 5.82 Å². The molecule has 26 heavy (non-hydrogen) atoms. The average Bonchev–Trinajstić information content (AvgIpc) is 3.50. The van der Waals surface area contributed by atoms with Gasteiger partial charge in [-0.2, -0.15) is 0 Å². The maximum absolute atomic E-state index is 12.3. The molecule has 1 saturated carbocycles. The number of aromatic nitrogens is 1. The molecule has 1 unspecified atom stereocenters. The zero-order valence-electron chi connectivity index (χ0n) is 15.4. The minimum atomic E-state index is -0.371. The van der Waals surface area contributed by atoms with Crippen LogP contribution in [0.4, 0.5) is 5.82 Å². The van der Waals surface area contributed by atoms with Crippen molar-refractivity contribution >= 4 is 17.7 Å². The van der Waals surface area contributed by atoms with Gasteiger partial charge in [0.2, 0.25) is 5.91 Å². The van der Waals surface area contributed by atoms with Crippen LogP contribution in [-0.2, 0) is 9.53 Å². The monoisotopic (exact) mass is 357 g/mol. The molecule has 0 radical (unpaired) electrons. The Bertz CT molecular complexity index is 703. The highest BCUT2D eigenvalue weighted by Crippen LogP contribution is 2.43. The molecule has 0 bridgehead atoms. The molecule has 1 aromatic heterocycles. The number of carbonyl (C=O) groups is 2. The second kappa shape index (κ2) is 6.89. The summed E-state index contributed by atoms with van der Waals surface area (Å²) < 4.78 is 5.08. The Kier molecular flexibility index (Phi) is 4.59. The molecule has 3 fully saturated rings. The molecule has 4 rings (SSSR count). The van der Waals surface area contributed by atoms with Crippen molar-refractivity contribution < 1.29 is 14.3 Å². The number of carbonyl (C=O) groups excluding carboxylic acids is 2. The van der Waals surface area contributed by atoms with Crippen molar-refractivity contribution in [2.45, 2.75) is 51.5 Å². The van der Waals surface area contributed by atoms with Crippen LogP contribution < -0.4 is 4.90 Å². The molecule has 1 spiro atoms. The van der Waals surface area contributed by atoms with Crippen LogP contribution in [0.25, 0.3) is 0 Å². The van der Waals surface area contributed by atoms with E-state index in [4.69, 9.17) is 4.74 Å². The van der Waals surface area contributed by atoms with Gasteiger partial charge >= 0.3 is 5.97 Å². The standard InChI is InChI=1S/C20H27N3O3/c1-2-26-19(25)16-5-3-6-17(21-16)22-12-4-10-20(13-22)11-9-18(24)23(14-20)15-7-8-15/h3,5-6,15H,2,4,7-14H2,1H3. The SMILES string of the molecule is CCOC(=O)c1cccc(N2CCCC3(CCC(=O)N(C4CC4)C3)C2)n1. The average molecular weight is 357 g/mol. The Morgan fingerprint density at radius 1 is 1.31 bits per heavy atom. The van der Waals surface area contributed by atoms with E-state index in [1.165, 1.54) is 0 Å². The molecule has 2 saturated heterocycles. The third kappa shape index (κ3) is 3.41. The topological polar surface area (TPSA) is 62.7 Å². The first-order valence-electron chi connectivity index (χ1n) is 9.79. The van der Waals surface area contributed by atoms with Gasteiger partial charge < -0.3 is 14.5 Å². The molecule has 1 aromatic rings. The number of pyridine rings is 1. The van der Waals surface area contributed by atoms with E-state index in [9.17, 15) is 9.59 Å². The number of rotatable bonds is 4. The lowest BCUT2D eigenvalue weighted by atomic mass is 9.73. The molecule has 1 aliphatic carbocycles. The highest BCUT2D eigenvalue weighted by Gasteiger charge is 2.45. The molecule has 1 atom stereocenters. The molecule has 6 nitrogen and oxygen atoms in total. The van der Waals surface area contributed by atoms with Gasteiger partial charge in [-0.1, -0.05) is 6.07 Å². The lowest BCUT2D eigenvalue weighted by Gasteiger charge is -2.48. The van der Waals surface area contributed by atoms with Gasteiger partial charge in [-0.25, -0.2) is 9.78 Å². The van der Waals surface area contributed by atoms with Crippen LogP contribution in [0.15, 0.2) is 18.2 Å². The van der Waals surface area contributed by atoms with Gasteiger partial charge in [-0.3, -0.25) is 4.79 Å². The van der Waals surface area contributed by atoms with E-state index >= 15 is 0 Å². The maximum atomic E-state index is 12.3. The van der Waals surface area contributed by atoms with Crippen LogP contribution in [0.3, 0.4) is 0 Å². The predicted molar refractivity (Wildman–Crippen MR) is 98.0 cm³/mol. The Balaban J connectivity index is 1.51. The van der Waals surface area contributed by atoms with Crippen LogP contribution in [0.1, 0.15) is 55.9 Å². The molecule has 1 amide bonds. The summed E-state index contributed by atoms with van der Waals surface area (Å²) in [4.78, 5) is 33.2. The van der Waals surface area contributed by atoms with Crippen LogP contribution in [0.2, 0.25) is 0 Å². The fourth-order valence-corrected chi connectivity index (χ4v) is 4.42. The number of likely N-dealkylation sites (tertiary alicyclic amines) is 1. The normalized spacial score (nSPS) is 26.3. The number of piperidine rings is 2. The van der Waals surface area contributed by atoms with Crippen molar-refractivity contribution in [3.8, 4) is 0 Å². The van der Waals surface area contributed by atoms with Crippen molar-refractivity contribution in [3.05, 3.63) is 23.9 Å². The third-order valence-corrected chi connectivity index (χ3v) is 5.89. The number of hydrogen-bond donors (Lipinski definition) is 0. The van der Waals surface area contributed by atoms with Gasteiger partial charge in [0.05, 0.1) is 6.61 Å². The number of hydrogen-bond acceptors (Lipinski definition) is 5. The highest BCUT2D eigenvalue weighted by atomic mass is 16.5. The quantitative estimate of drug-likeness (QED) is 0.775. The Morgan fingerprint density at radius 3 is 2.92 bits per heavy atom. The summed E-state index contributed by atoms with van der Waals surface area (Å²) in [6, 6.07) is 6.03. The fraction of sp³-hybridized carbons (Fsp3) is 0.650. The summed E-state index contributed by atoms with van der Waals surface area (Å²) in [5, 5.41) is 0. The van der Waals surface area contributed by atoms with Crippen LogP contribution in [-0.4, -0.2) is 54.0 Å². The fourth-order valence-electron chi connectivity index (χ4n) is 4.42. The Labute approximate surface area is 154 Å². The molecule has 6 heteroatoms. The van der Waals surface area contributed by atoms with Gasteiger partial charge in [0.15, 0.2) is 5.69 Å². The lowest BCUT2D eigenvalue weighted by molar-refractivity contribution is -0.138. The van der Waals surface area contributed by atoms with E-state index in [0.29, 0.717) is 30.7 Å². The summed E-state index contributed by atoms with van der Waals surface area (Å²) in [6.45, 7) is 4.88. The van der Waals surface area contributed by atoms with E-state index in [-0.39, 0.29) is 11.4 Å². The number of ether oxygens (including phenoxy) is 1. The summed E-state index contributed by atoms with van der Waals surface area (Å²) in [5.41, 5.74) is 0.526. The summed E-state index contributed by atoms with van der Waals surface area (Å²) in [5.74, 6) is 0.798. The van der Waals surface area contributed by atoms with E-state index in [2.05, 4.69) is 14.8 Å². The van der Waals surface area contributed by atoms with Crippen molar-refractivity contribution in [1.82, 2.24) is 9.88 Å². The second-order valence-electron chi connectivity index (χ2n) is 7.88. The van der Waals surface area contributed by atoms with Crippen molar-refractivity contribution in [3.63, 3.8) is 0 Å². The Morgan fingerprint density at radius 2 is 2.15 bits per heavy atom. The summed E-state index contributed by atoms with van der Waals surface area (Å²) >= 11 is 0. The first-order valence-corrected chi connectivity index (χ1v) is 9.79. The highest BCUT2D eigenvalue weighted by molar-refractivity contribution is 5.87. The zero-order valence-corrected chi connectivity index (χ0v) is 15.4. The molecular formula is C20H27N3O3. The van der Waals surface area contributed by atoms with Crippen molar-refractivity contribution in [2.75, 3.05) is 31.1 Å². The van der Waals surface area contributed by atoms with Gasteiger partial charge in [0, 0.05) is 37.5 Å². The molecule has 0 aromatic carbocycles. The summed E-state index contributed by atoms with van der Waals surface area (Å²) in [6.07, 6.45) is 6.21. The van der Waals surface area contributed by atoms with Crippen LogP contribution >= 0.6 is 0 Å². The molecule has 3 heterocycles. The van der Waals surface area contributed by atoms with Crippen molar-refractivity contribution in [2.24, 2.45) is 5.41 Å². The largest absolute Gasteiger partial charge is 0.461 e. The zero-order chi connectivity index (χ0) is 18.1. The number of esters is 1. The minimum Gasteiger partial charge on any atom is -0.461 e. The van der Waals surface area contributed by atoms with Gasteiger partial charge in [0.25, 0.3) is 0 Å². The number of nitrogens with zero attached hydrogens (tertiary/aromatic N) is 3. The van der Waals surface area contributed by atoms with E-state index in [1.807, 2.05) is 12.1 Å². The maximum Gasteiger partial charge on any atom is 0.356 e. The van der Waals surface area contributed by atoms with Crippen LogP contribution in [0.5, 0.6) is 0 Å². The van der Waals surface area contributed by atoms with Crippen molar-refractivity contribution in [1.29, 1.82) is 0 Å². The Hall–Kier alpha value is -2.11. The lowest BCUT2D eigenvalue weighted by Crippen LogP contribution is -2.54. The smallest absolute Gasteiger partial charge is 0.356 e.